The maximum absolute atomic E-state index is 11.9. The van der Waals surface area contributed by atoms with Crippen LogP contribution in [0.1, 0.15) is 28.3 Å². The van der Waals surface area contributed by atoms with Gasteiger partial charge >= 0.3 is 0 Å². The molecule has 0 aliphatic heterocycles. The molecule has 0 unspecified atom stereocenters. The normalized spacial score (nSPS) is 10.8. The first-order valence-corrected chi connectivity index (χ1v) is 8.17. The molecule has 0 aliphatic rings. The highest BCUT2D eigenvalue weighted by atomic mass is 35.5. The first kappa shape index (κ1) is 15.6. The van der Waals surface area contributed by atoms with Crippen LogP contribution >= 0.6 is 22.9 Å². The first-order valence-electron chi connectivity index (χ1n) is 6.97. The third kappa shape index (κ3) is 3.75. The average molecular weight is 349 g/mol. The van der Waals surface area contributed by atoms with Gasteiger partial charge in [-0.1, -0.05) is 17.7 Å². The van der Waals surface area contributed by atoms with Crippen molar-refractivity contribution in [2.45, 2.75) is 19.4 Å². The number of pyridine rings is 1. The summed E-state index contributed by atoms with van der Waals surface area (Å²) in [7, 11) is 0. The van der Waals surface area contributed by atoms with E-state index in [2.05, 4.69) is 15.5 Å². The van der Waals surface area contributed by atoms with Crippen LogP contribution in [0, 0.1) is 0 Å². The molecule has 0 fully saturated rings. The number of hydrogen-bond acceptors (Lipinski definition) is 5. The van der Waals surface area contributed by atoms with Crippen molar-refractivity contribution >= 4 is 40.3 Å². The topological polar surface area (TPSA) is 76.4 Å². The Labute approximate surface area is 141 Å². The lowest BCUT2D eigenvalue weighted by atomic mass is 10.2. The van der Waals surface area contributed by atoms with E-state index in [9.17, 15) is 9.59 Å². The van der Waals surface area contributed by atoms with Crippen LogP contribution in [0.2, 0.25) is 4.34 Å². The van der Waals surface area contributed by atoms with Gasteiger partial charge in [-0.2, -0.15) is 0 Å². The highest BCUT2D eigenvalue weighted by Gasteiger charge is 2.12. The molecule has 6 nitrogen and oxygen atoms in total. The molecule has 0 aliphatic carbocycles. The fraction of sp³-hybridized carbons (Fsp3) is 0.200. The fourth-order valence-corrected chi connectivity index (χ4v) is 3.10. The molecule has 0 saturated carbocycles. The monoisotopic (exact) mass is 348 g/mol. The van der Waals surface area contributed by atoms with Crippen molar-refractivity contribution in [3.8, 4) is 0 Å². The molecular weight excluding hydrogens is 336 g/mol. The third-order valence-corrected chi connectivity index (χ3v) is 4.53. The molecule has 3 aromatic rings. The standard InChI is InChI=1S/C15H13ClN4O2S/c16-12-6-5-11(23-12)10(21)4-7-15(22)17-9-14-19-18-13-3-1-2-8-20(13)14/h1-3,5-6,8H,4,7,9H2,(H,17,22). The highest BCUT2D eigenvalue weighted by molar-refractivity contribution is 7.18. The first-order chi connectivity index (χ1) is 11.1. The van der Waals surface area contributed by atoms with Gasteiger partial charge in [-0.25, -0.2) is 0 Å². The van der Waals surface area contributed by atoms with Crippen molar-refractivity contribution in [1.82, 2.24) is 19.9 Å². The van der Waals surface area contributed by atoms with Crippen LogP contribution < -0.4 is 5.32 Å². The van der Waals surface area contributed by atoms with Gasteiger partial charge in [0.2, 0.25) is 5.91 Å². The molecule has 0 spiro atoms. The van der Waals surface area contributed by atoms with E-state index < -0.39 is 0 Å². The Morgan fingerprint density at radius 2 is 2.04 bits per heavy atom. The predicted molar refractivity (Wildman–Crippen MR) is 87.7 cm³/mol. The van der Waals surface area contributed by atoms with E-state index in [0.717, 1.165) is 5.65 Å². The van der Waals surface area contributed by atoms with Crippen LogP contribution in [0.4, 0.5) is 0 Å². The predicted octanol–water partition coefficient (Wildman–Crippen LogP) is 2.72. The minimum absolute atomic E-state index is 0.0787. The molecule has 0 atom stereocenters. The Hall–Kier alpha value is -2.25. The van der Waals surface area contributed by atoms with Gasteiger partial charge in [0.15, 0.2) is 17.3 Å². The van der Waals surface area contributed by atoms with E-state index >= 15 is 0 Å². The van der Waals surface area contributed by atoms with Crippen molar-refractivity contribution < 1.29 is 9.59 Å². The van der Waals surface area contributed by atoms with Gasteiger partial charge in [0, 0.05) is 19.0 Å². The Balaban J connectivity index is 1.51. The smallest absolute Gasteiger partial charge is 0.220 e. The number of hydrogen-bond donors (Lipinski definition) is 1. The molecule has 3 heterocycles. The number of carbonyl (C=O) groups is 2. The second-order valence-corrected chi connectivity index (χ2v) is 6.56. The number of nitrogens with zero attached hydrogens (tertiary/aromatic N) is 3. The average Bonchev–Trinajstić information content (AvgIpc) is 3.17. The maximum atomic E-state index is 11.9. The molecule has 1 amide bonds. The molecule has 0 saturated heterocycles. The van der Waals surface area contributed by atoms with Crippen molar-refractivity contribution in [1.29, 1.82) is 0 Å². The maximum Gasteiger partial charge on any atom is 0.220 e. The summed E-state index contributed by atoms with van der Waals surface area (Å²) in [6.07, 6.45) is 2.12. The molecule has 118 valence electrons. The summed E-state index contributed by atoms with van der Waals surface area (Å²) in [5, 5.41) is 10.8. The van der Waals surface area contributed by atoms with E-state index in [4.69, 9.17) is 11.6 Å². The van der Waals surface area contributed by atoms with Gasteiger partial charge in [-0.05, 0) is 24.3 Å². The quantitative estimate of drug-likeness (QED) is 0.695. The van der Waals surface area contributed by atoms with Gasteiger partial charge in [0.25, 0.3) is 0 Å². The van der Waals surface area contributed by atoms with Gasteiger partial charge in [-0.15, -0.1) is 21.5 Å². The summed E-state index contributed by atoms with van der Waals surface area (Å²) in [6, 6.07) is 8.93. The number of Topliss-reactive ketones (excluding diaryl/α,β-unsaturated/α-hetero) is 1. The van der Waals surface area contributed by atoms with E-state index in [-0.39, 0.29) is 31.1 Å². The molecule has 1 N–H and O–H groups in total. The van der Waals surface area contributed by atoms with E-state index in [1.54, 1.807) is 16.5 Å². The summed E-state index contributed by atoms with van der Waals surface area (Å²) < 4.78 is 2.37. The number of ketones is 1. The lowest BCUT2D eigenvalue weighted by molar-refractivity contribution is -0.121. The number of halogens is 1. The SMILES string of the molecule is O=C(CCC(=O)c1ccc(Cl)s1)NCc1nnc2ccccn12. The van der Waals surface area contributed by atoms with Crippen LogP contribution in [0.3, 0.4) is 0 Å². The van der Waals surface area contributed by atoms with Crippen LogP contribution in [-0.4, -0.2) is 26.3 Å². The van der Waals surface area contributed by atoms with Crippen LogP contribution in [0.25, 0.3) is 5.65 Å². The Bertz CT molecular complexity index is 858. The summed E-state index contributed by atoms with van der Waals surface area (Å²) in [4.78, 5) is 24.4. The molecule has 23 heavy (non-hydrogen) atoms. The molecule has 8 heteroatoms. The van der Waals surface area contributed by atoms with Gasteiger partial charge < -0.3 is 5.32 Å². The molecule has 3 rings (SSSR count). The number of amides is 1. The van der Waals surface area contributed by atoms with Gasteiger partial charge in [-0.3, -0.25) is 14.0 Å². The van der Waals surface area contributed by atoms with Crippen LogP contribution in [-0.2, 0) is 11.3 Å². The molecule has 0 bridgehead atoms. The summed E-state index contributed by atoms with van der Waals surface area (Å²) in [5.74, 6) is 0.365. The van der Waals surface area contributed by atoms with Crippen molar-refractivity contribution in [3.05, 3.63) is 51.6 Å². The van der Waals surface area contributed by atoms with Crippen molar-refractivity contribution in [2.24, 2.45) is 0 Å². The molecule has 0 radical (unpaired) electrons. The van der Waals surface area contributed by atoms with Crippen molar-refractivity contribution in [3.63, 3.8) is 0 Å². The Kier molecular flexibility index (Phi) is 4.68. The number of fused-ring (bicyclic) bond motifs is 1. The summed E-state index contributed by atoms with van der Waals surface area (Å²) in [6.45, 7) is 0.267. The van der Waals surface area contributed by atoms with E-state index in [1.165, 1.54) is 11.3 Å². The number of nitrogens with one attached hydrogen (secondary N) is 1. The number of carbonyl (C=O) groups excluding carboxylic acids is 2. The van der Waals surface area contributed by atoms with Gasteiger partial charge in [0.1, 0.15) is 0 Å². The lowest BCUT2D eigenvalue weighted by Gasteiger charge is -2.03. The molecule has 3 aromatic heterocycles. The second-order valence-electron chi connectivity index (χ2n) is 4.85. The second kappa shape index (κ2) is 6.89. The molecular formula is C15H13ClN4O2S. The zero-order valence-electron chi connectivity index (χ0n) is 12.0. The lowest BCUT2D eigenvalue weighted by Crippen LogP contribution is -2.24. The van der Waals surface area contributed by atoms with Crippen LogP contribution in [0.5, 0.6) is 0 Å². The van der Waals surface area contributed by atoms with Crippen molar-refractivity contribution in [2.75, 3.05) is 0 Å². The Morgan fingerprint density at radius 1 is 1.17 bits per heavy atom. The largest absolute Gasteiger partial charge is 0.349 e. The summed E-state index contributed by atoms with van der Waals surface area (Å²) >= 11 is 7.02. The third-order valence-electron chi connectivity index (χ3n) is 3.26. The molecule has 0 aromatic carbocycles. The number of aromatic nitrogens is 3. The summed E-state index contributed by atoms with van der Waals surface area (Å²) in [5.41, 5.74) is 0.724. The number of rotatable bonds is 6. The number of thiophene rings is 1. The minimum atomic E-state index is -0.200. The highest BCUT2D eigenvalue weighted by Crippen LogP contribution is 2.22. The minimum Gasteiger partial charge on any atom is -0.349 e. The fourth-order valence-electron chi connectivity index (χ4n) is 2.09. The van der Waals surface area contributed by atoms with E-state index in [0.29, 0.717) is 15.0 Å². The van der Waals surface area contributed by atoms with Crippen LogP contribution in [0.15, 0.2) is 36.5 Å². The van der Waals surface area contributed by atoms with E-state index in [1.807, 2.05) is 24.4 Å². The Morgan fingerprint density at radius 3 is 2.83 bits per heavy atom. The van der Waals surface area contributed by atoms with Gasteiger partial charge in [0.05, 0.1) is 15.8 Å². The zero-order valence-corrected chi connectivity index (χ0v) is 13.6. The zero-order chi connectivity index (χ0) is 16.2.